The van der Waals surface area contributed by atoms with Crippen LogP contribution in [-0.4, -0.2) is 20.5 Å². The molecule has 0 aliphatic heterocycles. The summed E-state index contributed by atoms with van der Waals surface area (Å²) in [5.74, 6) is -1.44. The molecule has 0 aliphatic rings. The number of methoxy groups -OCH3 is 2. The topological polar surface area (TPSA) is 61.6 Å². The molecule has 2 N–H and O–H groups in total. The highest BCUT2D eigenvalue weighted by atomic mass is 16.7. The summed E-state index contributed by atoms with van der Waals surface area (Å²) in [5, 5.41) is 0. The number of nitrogens with two attached hydrogens (primary N) is 1. The van der Waals surface area contributed by atoms with Crippen LogP contribution < -0.4 is 5.73 Å². The Morgan fingerprint density at radius 1 is 1.26 bits per heavy atom. The zero-order chi connectivity index (χ0) is 14.7. The largest absolute Gasteiger partial charge is 0.398 e. The van der Waals surface area contributed by atoms with Crippen molar-refractivity contribution in [1.29, 1.82) is 0 Å². The maximum Gasteiger partial charge on any atom is 0.254 e. The summed E-state index contributed by atoms with van der Waals surface area (Å²) in [6, 6.07) is 5.65. The first kappa shape index (κ1) is 15.7. The second-order valence-corrected chi connectivity index (χ2v) is 5.23. The average molecular weight is 265 g/mol. The predicted molar refractivity (Wildman–Crippen MR) is 75.9 cm³/mol. The van der Waals surface area contributed by atoms with Gasteiger partial charge < -0.3 is 15.2 Å². The van der Waals surface area contributed by atoms with E-state index in [1.54, 1.807) is 6.07 Å². The zero-order valence-corrected chi connectivity index (χ0v) is 12.3. The van der Waals surface area contributed by atoms with Crippen LogP contribution in [0.4, 0.5) is 5.69 Å². The van der Waals surface area contributed by atoms with Crippen LogP contribution in [0.2, 0.25) is 0 Å². The van der Waals surface area contributed by atoms with Gasteiger partial charge in [0.1, 0.15) is 0 Å². The lowest BCUT2D eigenvalue weighted by Crippen LogP contribution is -2.34. The van der Waals surface area contributed by atoms with Crippen molar-refractivity contribution in [3.8, 4) is 0 Å². The van der Waals surface area contributed by atoms with Crippen LogP contribution in [0.3, 0.4) is 0 Å². The molecular formula is C15H23NO3. The van der Waals surface area contributed by atoms with Crippen LogP contribution in [0.15, 0.2) is 18.2 Å². The highest BCUT2D eigenvalue weighted by molar-refractivity contribution is 5.69. The van der Waals surface area contributed by atoms with E-state index in [9.17, 15) is 4.79 Å². The van der Waals surface area contributed by atoms with E-state index < -0.39 is 5.79 Å². The number of benzene rings is 1. The third-order valence-electron chi connectivity index (χ3n) is 3.86. The van der Waals surface area contributed by atoms with Gasteiger partial charge in [-0.25, -0.2) is 0 Å². The Morgan fingerprint density at radius 3 is 2.26 bits per heavy atom. The van der Waals surface area contributed by atoms with E-state index in [1.165, 1.54) is 14.2 Å². The van der Waals surface area contributed by atoms with Gasteiger partial charge in [0.25, 0.3) is 5.79 Å². The summed E-state index contributed by atoms with van der Waals surface area (Å²) in [5.41, 5.74) is 8.09. The van der Waals surface area contributed by atoms with Crippen LogP contribution in [0.5, 0.6) is 0 Å². The van der Waals surface area contributed by atoms with Crippen LogP contribution in [0, 0.1) is 0 Å². The molecule has 0 aliphatic carbocycles. The lowest BCUT2D eigenvalue weighted by molar-refractivity contribution is -0.201. The number of carbonyl (C=O) groups is 1. The van der Waals surface area contributed by atoms with Crippen molar-refractivity contribution in [2.45, 2.75) is 38.4 Å². The van der Waals surface area contributed by atoms with Gasteiger partial charge in [0, 0.05) is 25.5 Å². The van der Waals surface area contributed by atoms with Crippen LogP contribution in [0.1, 0.15) is 38.3 Å². The normalized spacial score (nSPS) is 12.5. The van der Waals surface area contributed by atoms with Gasteiger partial charge in [-0.3, -0.25) is 4.79 Å². The molecule has 0 saturated carbocycles. The SMILES string of the molecule is CCC(C)(C)c1ccc(N)c(C(C=O)(OC)OC)c1. The van der Waals surface area contributed by atoms with E-state index in [0.29, 0.717) is 17.5 Å². The zero-order valence-electron chi connectivity index (χ0n) is 12.3. The van der Waals surface area contributed by atoms with Crippen LogP contribution >= 0.6 is 0 Å². The minimum Gasteiger partial charge on any atom is -0.398 e. The summed E-state index contributed by atoms with van der Waals surface area (Å²) in [6.45, 7) is 6.41. The van der Waals surface area contributed by atoms with E-state index >= 15 is 0 Å². The molecule has 0 spiro atoms. The molecule has 0 aromatic heterocycles. The number of hydrogen-bond donors (Lipinski definition) is 1. The average Bonchev–Trinajstić information content (AvgIpc) is 2.42. The van der Waals surface area contributed by atoms with Crippen molar-refractivity contribution in [3.63, 3.8) is 0 Å². The Bertz CT molecular complexity index is 451. The maximum atomic E-state index is 11.4. The molecule has 0 bridgehead atoms. The van der Waals surface area contributed by atoms with Gasteiger partial charge >= 0.3 is 0 Å². The van der Waals surface area contributed by atoms with E-state index in [4.69, 9.17) is 15.2 Å². The summed E-state index contributed by atoms with van der Waals surface area (Å²) in [6.07, 6.45) is 1.60. The van der Waals surface area contributed by atoms with E-state index in [0.717, 1.165) is 12.0 Å². The van der Waals surface area contributed by atoms with Gasteiger partial charge in [-0.05, 0) is 29.5 Å². The molecular weight excluding hydrogens is 242 g/mol. The third kappa shape index (κ3) is 2.80. The van der Waals surface area contributed by atoms with Gasteiger partial charge in [0.15, 0.2) is 6.29 Å². The number of nitrogen functional groups attached to an aromatic ring is 1. The van der Waals surface area contributed by atoms with Crippen molar-refractivity contribution in [1.82, 2.24) is 0 Å². The molecule has 0 saturated heterocycles. The van der Waals surface area contributed by atoms with Crippen LogP contribution in [0.25, 0.3) is 0 Å². The molecule has 0 heterocycles. The second-order valence-electron chi connectivity index (χ2n) is 5.23. The lowest BCUT2D eigenvalue weighted by Gasteiger charge is -2.29. The molecule has 4 heteroatoms. The summed E-state index contributed by atoms with van der Waals surface area (Å²) >= 11 is 0. The monoisotopic (exact) mass is 265 g/mol. The summed E-state index contributed by atoms with van der Waals surface area (Å²) in [4.78, 5) is 11.4. The molecule has 0 radical (unpaired) electrons. The van der Waals surface area contributed by atoms with Crippen molar-refractivity contribution in [3.05, 3.63) is 29.3 Å². The number of rotatable bonds is 6. The smallest absolute Gasteiger partial charge is 0.254 e. The maximum absolute atomic E-state index is 11.4. The number of ether oxygens (including phenoxy) is 2. The van der Waals surface area contributed by atoms with Crippen molar-refractivity contribution in [2.75, 3.05) is 20.0 Å². The molecule has 1 aromatic carbocycles. The molecule has 0 fully saturated rings. The lowest BCUT2D eigenvalue weighted by atomic mass is 9.81. The highest BCUT2D eigenvalue weighted by Crippen LogP contribution is 2.34. The fraction of sp³-hybridized carbons (Fsp3) is 0.533. The fourth-order valence-electron chi connectivity index (χ4n) is 1.95. The first-order valence-electron chi connectivity index (χ1n) is 6.34. The van der Waals surface area contributed by atoms with Gasteiger partial charge in [0.2, 0.25) is 0 Å². The fourth-order valence-corrected chi connectivity index (χ4v) is 1.95. The van der Waals surface area contributed by atoms with Gasteiger partial charge in [-0.1, -0.05) is 26.8 Å². The van der Waals surface area contributed by atoms with Gasteiger partial charge in [-0.2, -0.15) is 0 Å². The third-order valence-corrected chi connectivity index (χ3v) is 3.86. The molecule has 1 aromatic rings. The Labute approximate surface area is 114 Å². The summed E-state index contributed by atoms with van der Waals surface area (Å²) in [7, 11) is 2.85. The number of aldehydes is 1. The Morgan fingerprint density at radius 2 is 1.84 bits per heavy atom. The first-order chi connectivity index (χ1) is 8.86. The van der Waals surface area contributed by atoms with E-state index in [2.05, 4.69) is 20.8 Å². The second kappa shape index (κ2) is 5.72. The molecule has 19 heavy (non-hydrogen) atoms. The standard InChI is InChI=1S/C15H23NO3/c1-6-14(2,3)11-7-8-13(16)12(9-11)15(10-17,18-4)19-5/h7-10H,6,16H2,1-5H3. The molecule has 0 unspecified atom stereocenters. The predicted octanol–water partition coefficient (Wildman–Crippen LogP) is 2.60. The van der Waals surface area contributed by atoms with Crippen molar-refractivity contribution < 1.29 is 14.3 Å². The summed E-state index contributed by atoms with van der Waals surface area (Å²) < 4.78 is 10.5. The molecule has 106 valence electrons. The van der Waals surface area contributed by atoms with Crippen molar-refractivity contribution >= 4 is 12.0 Å². The Kier molecular flexibility index (Phi) is 4.71. The minimum absolute atomic E-state index is 0.00143. The molecule has 1 rings (SSSR count). The molecule has 0 atom stereocenters. The van der Waals surface area contributed by atoms with Crippen LogP contribution in [-0.2, 0) is 25.5 Å². The Balaban J connectivity index is 3.43. The quantitative estimate of drug-likeness (QED) is 0.488. The first-order valence-corrected chi connectivity index (χ1v) is 6.34. The molecule has 4 nitrogen and oxygen atoms in total. The number of hydrogen-bond acceptors (Lipinski definition) is 4. The van der Waals surface area contributed by atoms with Gasteiger partial charge in [-0.15, -0.1) is 0 Å². The van der Waals surface area contributed by atoms with E-state index in [-0.39, 0.29) is 5.41 Å². The van der Waals surface area contributed by atoms with Gasteiger partial charge in [0.05, 0.1) is 0 Å². The molecule has 0 amide bonds. The van der Waals surface area contributed by atoms with Crippen molar-refractivity contribution in [2.24, 2.45) is 0 Å². The minimum atomic E-state index is -1.44. The highest BCUT2D eigenvalue weighted by Gasteiger charge is 2.35. The number of carbonyl (C=O) groups excluding carboxylic acids is 1. The number of anilines is 1. The Hall–Kier alpha value is -1.39. The van der Waals surface area contributed by atoms with E-state index in [1.807, 2.05) is 12.1 Å².